The van der Waals surface area contributed by atoms with Crippen molar-refractivity contribution < 1.29 is 9.13 Å². The average Bonchev–Trinajstić information content (AvgIpc) is 2.48. The molecule has 0 aliphatic carbocycles. The molecule has 2 rings (SSSR count). The fourth-order valence-corrected chi connectivity index (χ4v) is 2.18. The molecule has 0 fully saturated rings. The van der Waals surface area contributed by atoms with Crippen LogP contribution in [0.5, 0.6) is 5.75 Å². The molecule has 20 heavy (non-hydrogen) atoms. The Morgan fingerprint density at radius 2 is 1.85 bits per heavy atom. The van der Waals surface area contributed by atoms with Crippen molar-refractivity contribution in [2.75, 3.05) is 7.11 Å². The number of nitrogens with zero attached hydrogens (tertiary/aromatic N) is 1. The SMILES string of the molecule is COc1ccc(CCCc2cccc(F)c2C#N)cc1. The molecule has 2 nitrogen and oxygen atoms in total. The number of benzene rings is 2. The number of nitriles is 1. The van der Waals surface area contributed by atoms with Crippen LogP contribution < -0.4 is 4.74 Å². The van der Waals surface area contributed by atoms with Gasteiger partial charge in [-0.05, 0) is 48.6 Å². The van der Waals surface area contributed by atoms with Gasteiger partial charge >= 0.3 is 0 Å². The third-order valence-corrected chi connectivity index (χ3v) is 3.28. The molecule has 0 heterocycles. The lowest BCUT2D eigenvalue weighted by molar-refractivity contribution is 0.414. The summed E-state index contributed by atoms with van der Waals surface area (Å²) in [4.78, 5) is 0. The molecule has 0 atom stereocenters. The third-order valence-electron chi connectivity index (χ3n) is 3.28. The van der Waals surface area contributed by atoms with Crippen LogP contribution in [0.25, 0.3) is 0 Å². The van der Waals surface area contributed by atoms with E-state index < -0.39 is 5.82 Å². The maximum atomic E-state index is 13.4. The molecule has 0 aromatic heterocycles. The van der Waals surface area contributed by atoms with Gasteiger partial charge in [0.05, 0.1) is 12.7 Å². The Morgan fingerprint density at radius 3 is 2.50 bits per heavy atom. The maximum Gasteiger partial charge on any atom is 0.141 e. The van der Waals surface area contributed by atoms with E-state index in [4.69, 9.17) is 10.00 Å². The lowest BCUT2D eigenvalue weighted by atomic mass is 10.00. The lowest BCUT2D eigenvalue weighted by Crippen LogP contribution is -1.96. The zero-order valence-corrected chi connectivity index (χ0v) is 11.4. The van der Waals surface area contributed by atoms with E-state index >= 15 is 0 Å². The van der Waals surface area contributed by atoms with E-state index in [2.05, 4.69) is 0 Å². The minimum atomic E-state index is -0.436. The minimum absolute atomic E-state index is 0.169. The number of halogens is 1. The molecule has 0 amide bonds. The van der Waals surface area contributed by atoms with E-state index in [1.54, 1.807) is 13.2 Å². The monoisotopic (exact) mass is 269 g/mol. The van der Waals surface area contributed by atoms with Gasteiger partial charge in [0.25, 0.3) is 0 Å². The molecule has 0 aliphatic heterocycles. The zero-order chi connectivity index (χ0) is 14.4. The topological polar surface area (TPSA) is 33.0 Å². The van der Waals surface area contributed by atoms with Gasteiger partial charge in [-0.25, -0.2) is 4.39 Å². The van der Waals surface area contributed by atoms with Crippen LogP contribution in [0.1, 0.15) is 23.1 Å². The van der Waals surface area contributed by atoms with Gasteiger partial charge in [-0.15, -0.1) is 0 Å². The van der Waals surface area contributed by atoms with Crippen molar-refractivity contribution in [3.05, 3.63) is 65.0 Å². The molecular formula is C17H16FNO. The number of ether oxygens (including phenoxy) is 1. The highest BCUT2D eigenvalue weighted by Gasteiger charge is 2.07. The fourth-order valence-electron chi connectivity index (χ4n) is 2.18. The van der Waals surface area contributed by atoms with Crippen molar-refractivity contribution in [3.63, 3.8) is 0 Å². The second-order valence-electron chi connectivity index (χ2n) is 4.59. The van der Waals surface area contributed by atoms with E-state index in [0.717, 1.165) is 24.2 Å². The average molecular weight is 269 g/mol. The highest BCUT2D eigenvalue weighted by Crippen LogP contribution is 2.17. The first-order valence-corrected chi connectivity index (χ1v) is 6.55. The van der Waals surface area contributed by atoms with Crippen LogP contribution in [-0.4, -0.2) is 7.11 Å². The first kappa shape index (κ1) is 14.1. The van der Waals surface area contributed by atoms with Crippen LogP contribution in [0.4, 0.5) is 4.39 Å². The van der Waals surface area contributed by atoms with Crippen LogP contribution in [-0.2, 0) is 12.8 Å². The van der Waals surface area contributed by atoms with E-state index in [-0.39, 0.29) is 5.56 Å². The summed E-state index contributed by atoms with van der Waals surface area (Å²) in [6, 6.07) is 14.6. The summed E-state index contributed by atoms with van der Waals surface area (Å²) in [5.74, 6) is 0.403. The number of hydrogen-bond donors (Lipinski definition) is 0. The molecule has 2 aromatic rings. The summed E-state index contributed by atoms with van der Waals surface area (Å²) in [5.41, 5.74) is 2.16. The highest BCUT2D eigenvalue weighted by atomic mass is 19.1. The van der Waals surface area contributed by atoms with Crippen molar-refractivity contribution >= 4 is 0 Å². The minimum Gasteiger partial charge on any atom is -0.497 e. The Kier molecular flexibility index (Phi) is 4.73. The summed E-state index contributed by atoms with van der Waals surface area (Å²) in [6.45, 7) is 0. The lowest BCUT2D eigenvalue weighted by Gasteiger charge is -2.06. The molecule has 3 heteroatoms. The van der Waals surface area contributed by atoms with E-state index in [1.165, 1.54) is 11.6 Å². The van der Waals surface area contributed by atoms with Crippen molar-refractivity contribution in [2.45, 2.75) is 19.3 Å². The summed E-state index contributed by atoms with van der Waals surface area (Å²) in [7, 11) is 1.64. The van der Waals surface area contributed by atoms with Crippen LogP contribution in [0.15, 0.2) is 42.5 Å². The molecule has 0 saturated heterocycles. The van der Waals surface area contributed by atoms with Gasteiger partial charge in [0.15, 0.2) is 0 Å². The Balaban J connectivity index is 1.96. The summed E-state index contributed by atoms with van der Waals surface area (Å²) < 4.78 is 18.6. The van der Waals surface area contributed by atoms with Crippen molar-refractivity contribution in [1.29, 1.82) is 5.26 Å². The van der Waals surface area contributed by atoms with Gasteiger partial charge in [-0.3, -0.25) is 0 Å². The standard InChI is InChI=1S/C17H16FNO/c1-20-15-10-8-13(9-11-15)4-2-5-14-6-3-7-17(18)16(14)12-19/h3,6-11H,2,4-5H2,1H3. The molecule has 0 radical (unpaired) electrons. The molecule has 0 unspecified atom stereocenters. The first-order chi connectivity index (χ1) is 9.74. The molecule has 102 valence electrons. The van der Waals surface area contributed by atoms with Crippen LogP contribution in [0.2, 0.25) is 0 Å². The van der Waals surface area contributed by atoms with Gasteiger partial charge in [0, 0.05) is 0 Å². The number of hydrogen-bond acceptors (Lipinski definition) is 2. The Bertz CT molecular complexity index is 614. The van der Waals surface area contributed by atoms with Crippen LogP contribution >= 0.6 is 0 Å². The number of rotatable bonds is 5. The largest absolute Gasteiger partial charge is 0.497 e. The van der Waals surface area contributed by atoms with Gasteiger partial charge in [0.2, 0.25) is 0 Å². The fraction of sp³-hybridized carbons (Fsp3) is 0.235. The normalized spacial score (nSPS) is 10.1. The molecule has 0 spiro atoms. The van der Waals surface area contributed by atoms with E-state index in [1.807, 2.05) is 36.4 Å². The predicted molar refractivity (Wildman–Crippen MR) is 76.1 cm³/mol. The Hall–Kier alpha value is -2.34. The Labute approximate surface area is 118 Å². The molecule has 0 bridgehead atoms. The van der Waals surface area contributed by atoms with Crippen molar-refractivity contribution in [3.8, 4) is 11.8 Å². The van der Waals surface area contributed by atoms with Crippen LogP contribution in [0, 0.1) is 17.1 Å². The quantitative estimate of drug-likeness (QED) is 0.825. The molecule has 0 N–H and O–H groups in total. The van der Waals surface area contributed by atoms with Gasteiger partial charge < -0.3 is 4.74 Å². The zero-order valence-electron chi connectivity index (χ0n) is 11.4. The van der Waals surface area contributed by atoms with Gasteiger partial charge in [0.1, 0.15) is 17.6 Å². The second kappa shape index (κ2) is 6.72. The van der Waals surface area contributed by atoms with Crippen molar-refractivity contribution in [1.82, 2.24) is 0 Å². The third kappa shape index (κ3) is 3.36. The second-order valence-corrected chi connectivity index (χ2v) is 4.59. The summed E-state index contributed by atoms with van der Waals surface area (Å²) >= 11 is 0. The summed E-state index contributed by atoms with van der Waals surface area (Å²) in [5, 5.41) is 8.97. The van der Waals surface area contributed by atoms with E-state index in [9.17, 15) is 4.39 Å². The Morgan fingerprint density at radius 1 is 1.10 bits per heavy atom. The van der Waals surface area contributed by atoms with Gasteiger partial charge in [-0.1, -0.05) is 24.3 Å². The van der Waals surface area contributed by atoms with Crippen LogP contribution in [0.3, 0.4) is 0 Å². The predicted octanol–water partition coefficient (Wildman–Crippen LogP) is 3.88. The maximum absolute atomic E-state index is 13.4. The molecule has 0 aliphatic rings. The molecule has 2 aromatic carbocycles. The number of methoxy groups -OCH3 is 1. The number of aryl methyl sites for hydroxylation is 2. The molecular weight excluding hydrogens is 253 g/mol. The molecule has 0 saturated carbocycles. The smallest absolute Gasteiger partial charge is 0.141 e. The first-order valence-electron chi connectivity index (χ1n) is 6.55. The van der Waals surface area contributed by atoms with E-state index in [0.29, 0.717) is 6.42 Å². The summed E-state index contributed by atoms with van der Waals surface area (Å²) in [6.07, 6.45) is 2.47. The van der Waals surface area contributed by atoms with Gasteiger partial charge in [-0.2, -0.15) is 5.26 Å². The highest BCUT2D eigenvalue weighted by molar-refractivity contribution is 5.39. The van der Waals surface area contributed by atoms with Crippen molar-refractivity contribution in [2.24, 2.45) is 0 Å².